The molecule has 1 unspecified atom stereocenters. The number of hydrogen-bond acceptors (Lipinski definition) is 4. The van der Waals surface area contributed by atoms with Gasteiger partial charge in [0, 0.05) is 36.4 Å². The summed E-state index contributed by atoms with van der Waals surface area (Å²) in [6, 6.07) is 0. The molecule has 1 aromatic heterocycles. The first-order valence-electron chi connectivity index (χ1n) is 5.30. The predicted octanol–water partition coefficient (Wildman–Crippen LogP) is -0.191. The molecule has 1 atom stereocenters. The van der Waals surface area contributed by atoms with Gasteiger partial charge in [0.15, 0.2) is 0 Å². The number of nitrogens with zero attached hydrogens (tertiary/aromatic N) is 2. The van der Waals surface area contributed by atoms with Crippen LogP contribution in [0, 0.1) is 6.92 Å². The molecule has 7 heteroatoms. The van der Waals surface area contributed by atoms with Crippen molar-refractivity contribution in [1.82, 2.24) is 15.1 Å². The minimum Gasteiger partial charge on any atom is -0.395 e. The zero-order valence-corrected chi connectivity index (χ0v) is 11.1. The van der Waals surface area contributed by atoms with Gasteiger partial charge in [-0.3, -0.25) is 13.7 Å². The van der Waals surface area contributed by atoms with E-state index in [1.165, 1.54) is 4.68 Å². The second-order valence-electron chi connectivity index (χ2n) is 3.86. The van der Waals surface area contributed by atoms with Gasteiger partial charge in [0.25, 0.3) is 5.91 Å². The van der Waals surface area contributed by atoms with Crippen molar-refractivity contribution in [2.45, 2.75) is 13.3 Å². The highest BCUT2D eigenvalue weighted by atomic mass is 32.2. The van der Waals surface area contributed by atoms with E-state index in [-0.39, 0.29) is 5.91 Å². The molecule has 0 radical (unpaired) electrons. The fraction of sp³-hybridized carbons (Fsp3) is 0.600. The van der Waals surface area contributed by atoms with Crippen LogP contribution in [-0.4, -0.2) is 38.4 Å². The lowest BCUT2D eigenvalue weighted by Gasteiger charge is -2.05. The normalized spacial score (nSPS) is 12.4. The van der Waals surface area contributed by atoms with Crippen molar-refractivity contribution in [2.24, 2.45) is 7.05 Å². The first kappa shape index (κ1) is 13.7. The van der Waals surface area contributed by atoms with Crippen molar-refractivity contribution in [1.29, 1.82) is 0 Å². The van der Waals surface area contributed by atoms with E-state index in [1.807, 2.05) is 0 Å². The van der Waals surface area contributed by atoms with E-state index in [4.69, 9.17) is 5.73 Å². The predicted molar refractivity (Wildman–Crippen MR) is 68.2 cm³/mol. The number of carbonyl (C=O) groups is 1. The lowest BCUT2D eigenvalue weighted by atomic mass is 10.3. The van der Waals surface area contributed by atoms with Gasteiger partial charge in [0.1, 0.15) is 5.69 Å². The summed E-state index contributed by atoms with van der Waals surface area (Å²) in [5.74, 6) is 0.340. The highest BCUT2D eigenvalue weighted by Crippen LogP contribution is 2.14. The van der Waals surface area contributed by atoms with Crippen molar-refractivity contribution in [3.05, 3.63) is 11.4 Å². The minimum atomic E-state index is -0.823. The van der Waals surface area contributed by atoms with Crippen LogP contribution in [0.25, 0.3) is 0 Å². The van der Waals surface area contributed by atoms with Crippen LogP contribution in [-0.2, 0) is 17.8 Å². The third-order valence-electron chi connectivity index (χ3n) is 2.38. The van der Waals surface area contributed by atoms with Crippen molar-refractivity contribution in [3.63, 3.8) is 0 Å². The van der Waals surface area contributed by atoms with Gasteiger partial charge in [-0.15, -0.1) is 0 Å². The molecule has 17 heavy (non-hydrogen) atoms. The largest absolute Gasteiger partial charge is 0.395 e. The number of aryl methyl sites for hydroxylation is 2. The van der Waals surface area contributed by atoms with Crippen molar-refractivity contribution in [3.8, 4) is 0 Å². The molecule has 0 fully saturated rings. The van der Waals surface area contributed by atoms with Gasteiger partial charge >= 0.3 is 0 Å². The Morgan fingerprint density at radius 3 is 2.71 bits per heavy atom. The molecule has 1 amide bonds. The number of aromatic nitrogens is 2. The molecular formula is C10H18N4O2S. The average molecular weight is 258 g/mol. The van der Waals surface area contributed by atoms with Crippen molar-refractivity contribution in [2.75, 3.05) is 24.3 Å². The summed E-state index contributed by atoms with van der Waals surface area (Å²) < 4.78 is 12.3. The highest BCUT2D eigenvalue weighted by molar-refractivity contribution is 7.84. The zero-order valence-electron chi connectivity index (χ0n) is 10.3. The van der Waals surface area contributed by atoms with E-state index in [0.717, 1.165) is 0 Å². The molecule has 3 N–H and O–H groups in total. The van der Waals surface area contributed by atoms with Gasteiger partial charge in [-0.2, -0.15) is 5.10 Å². The Hall–Kier alpha value is -1.37. The van der Waals surface area contributed by atoms with E-state index in [0.29, 0.717) is 35.8 Å². The van der Waals surface area contributed by atoms with Gasteiger partial charge in [-0.25, -0.2) is 0 Å². The fourth-order valence-corrected chi connectivity index (χ4v) is 2.06. The number of rotatable bonds is 5. The Morgan fingerprint density at radius 1 is 1.59 bits per heavy atom. The monoisotopic (exact) mass is 258 g/mol. The fourth-order valence-electron chi connectivity index (χ4n) is 1.50. The Labute approximate surface area is 103 Å². The number of anilines is 1. The Balaban J connectivity index is 2.55. The maximum absolute atomic E-state index is 11.8. The molecule has 0 aliphatic rings. The smallest absolute Gasteiger partial charge is 0.271 e. The van der Waals surface area contributed by atoms with Gasteiger partial charge in [-0.1, -0.05) is 0 Å². The number of carbonyl (C=O) groups excluding carboxylic acids is 1. The van der Waals surface area contributed by atoms with Crippen LogP contribution >= 0.6 is 0 Å². The molecular weight excluding hydrogens is 240 g/mol. The summed E-state index contributed by atoms with van der Waals surface area (Å²) >= 11 is 0. The van der Waals surface area contributed by atoms with Crippen LogP contribution in [0.4, 0.5) is 5.69 Å². The second-order valence-corrected chi connectivity index (χ2v) is 5.41. The van der Waals surface area contributed by atoms with E-state index in [1.54, 1.807) is 20.2 Å². The SMILES string of the molecule is Cc1nn(C)c(C(=O)NCCCS(C)=O)c1N. The molecule has 0 aliphatic carbocycles. The molecule has 0 aromatic carbocycles. The summed E-state index contributed by atoms with van der Waals surface area (Å²) in [7, 11) is 0.857. The quantitative estimate of drug-likeness (QED) is 0.716. The molecule has 1 rings (SSSR count). The average Bonchev–Trinajstić information content (AvgIpc) is 2.48. The summed E-state index contributed by atoms with van der Waals surface area (Å²) in [5, 5.41) is 6.81. The maximum atomic E-state index is 11.8. The van der Waals surface area contributed by atoms with Crippen LogP contribution in [0.5, 0.6) is 0 Å². The Morgan fingerprint density at radius 2 is 2.24 bits per heavy atom. The summed E-state index contributed by atoms with van der Waals surface area (Å²) in [4.78, 5) is 11.8. The van der Waals surface area contributed by atoms with Gasteiger partial charge < -0.3 is 11.1 Å². The molecule has 0 spiro atoms. The van der Waals surface area contributed by atoms with Crippen LogP contribution in [0.15, 0.2) is 0 Å². The van der Waals surface area contributed by atoms with E-state index >= 15 is 0 Å². The van der Waals surface area contributed by atoms with E-state index < -0.39 is 10.8 Å². The van der Waals surface area contributed by atoms with Crippen molar-refractivity contribution >= 4 is 22.4 Å². The molecule has 96 valence electrons. The van der Waals surface area contributed by atoms with Crippen LogP contribution in [0.3, 0.4) is 0 Å². The van der Waals surface area contributed by atoms with Crippen LogP contribution in [0.2, 0.25) is 0 Å². The second kappa shape index (κ2) is 5.81. The lowest BCUT2D eigenvalue weighted by Crippen LogP contribution is -2.28. The van der Waals surface area contributed by atoms with Gasteiger partial charge in [-0.05, 0) is 13.3 Å². The maximum Gasteiger partial charge on any atom is 0.271 e. The van der Waals surface area contributed by atoms with E-state index in [2.05, 4.69) is 10.4 Å². The number of hydrogen-bond donors (Lipinski definition) is 2. The molecule has 0 saturated heterocycles. The molecule has 1 heterocycles. The molecule has 1 aromatic rings. The van der Waals surface area contributed by atoms with Crippen LogP contribution in [0.1, 0.15) is 22.6 Å². The Kier molecular flexibility index (Phi) is 4.68. The third-order valence-corrected chi connectivity index (χ3v) is 3.24. The van der Waals surface area contributed by atoms with Crippen molar-refractivity contribution < 1.29 is 9.00 Å². The van der Waals surface area contributed by atoms with Gasteiger partial charge in [0.05, 0.1) is 11.4 Å². The summed E-state index contributed by atoms with van der Waals surface area (Å²) in [6.07, 6.45) is 2.33. The number of amides is 1. The number of nitrogens with two attached hydrogens (primary N) is 1. The van der Waals surface area contributed by atoms with Crippen LogP contribution < -0.4 is 11.1 Å². The molecule has 0 saturated carbocycles. The molecule has 6 nitrogen and oxygen atoms in total. The topological polar surface area (TPSA) is 90.0 Å². The number of nitrogen functional groups attached to an aromatic ring is 1. The van der Waals surface area contributed by atoms with E-state index in [9.17, 15) is 9.00 Å². The van der Waals surface area contributed by atoms with Gasteiger partial charge in [0.2, 0.25) is 0 Å². The third kappa shape index (κ3) is 3.55. The summed E-state index contributed by atoms with van der Waals surface area (Å²) in [5.41, 5.74) is 7.19. The highest BCUT2D eigenvalue weighted by Gasteiger charge is 2.17. The standard InChI is InChI=1S/C10H18N4O2S/c1-7-8(11)9(14(2)13-7)10(15)12-5-4-6-17(3)16/h4-6,11H2,1-3H3,(H,12,15). The lowest BCUT2D eigenvalue weighted by molar-refractivity contribution is 0.0945. The first-order chi connectivity index (χ1) is 7.93. The molecule has 0 bridgehead atoms. The summed E-state index contributed by atoms with van der Waals surface area (Å²) in [6.45, 7) is 2.24. The first-order valence-corrected chi connectivity index (χ1v) is 7.03. The zero-order chi connectivity index (χ0) is 13.0. The molecule has 0 aliphatic heterocycles. The number of nitrogens with one attached hydrogen (secondary N) is 1. The Bertz CT molecular complexity index is 442. The minimum absolute atomic E-state index is 0.243.